The Labute approximate surface area is 161 Å². The van der Waals surface area contributed by atoms with E-state index >= 15 is 0 Å². The lowest BCUT2D eigenvalue weighted by Gasteiger charge is -2.14. The van der Waals surface area contributed by atoms with Crippen molar-refractivity contribution in [1.82, 2.24) is 0 Å². The summed E-state index contributed by atoms with van der Waals surface area (Å²) in [6, 6.07) is 1.90. The molecule has 0 fully saturated rings. The highest BCUT2D eigenvalue weighted by Crippen LogP contribution is 2.40. The van der Waals surface area contributed by atoms with Gasteiger partial charge in [0.1, 0.15) is 18.7 Å². The number of aryl methyl sites for hydroxylation is 1. The molecule has 154 valence electrons. The molecule has 0 bridgehead atoms. The number of pyridine rings is 1. The van der Waals surface area contributed by atoms with Gasteiger partial charge in [0, 0.05) is 17.7 Å². The van der Waals surface area contributed by atoms with Crippen LogP contribution < -0.4 is 4.57 Å². The van der Waals surface area contributed by atoms with Crippen LogP contribution in [0.3, 0.4) is 0 Å². The van der Waals surface area contributed by atoms with Crippen molar-refractivity contribution in [2.24, 2.45) is 7.05 Å². The van der Waals surface area contributed by atoms with Gasteiger partial charge in [0.15, 0.2) is 34.9 Å². The monoisotopic (exact) mass is 432 g/mol. The Morgan fingerprint density at radius 3 is 1.27 bits per heavy atom. The van der Waals surface area contributed by atoms with Crippen LogP contribution in [0.25, 0.3) is 32.9 Å². The predicted octanol–water partition coefficient (Wildman–Crippen LogP) is 5.74. The summed E-state index contributed by atoms with van der Waals surface area (Å²) < 4.78 is 128. The van der Waals surface area contributed by atoms with Gasteiger partial charge < -0.3 is 0 Å². The summed E-state index contributed by atoms with van der Waals surface area (Å²) in [5, 5.41) is -1.31. The van der Waals surface area contributed by atoms with Crippen LogP contribution in [0.15, 0.2) is 24.3 Å². The quantitative estimate of drug-likeness (QED) is 0.119. The highest BCUT2D eigenvalue weighted by molar-refractivity contribution is 6.07. The fraction of sp³-hybridized carbons (Fsp3) is 0.0500. The van der Waals surface area contributed by atoms with E-state index in [4.69, 9.17) is 0 Å². The van der Waals surface area contributed by atoms with Gasteiger partial charge in [0.05, 0.1) is 16.3 Å². The molecule has 0 aliphatic rings. The van der Waals surface area contributed by atoms with Crippen molar-refractivity contribution in [2.75, 3.05) is 0 Å². The Bertz CT molecular complexity index is 1300. The minimum atomic E-state index is -2.46. The minimum Gasteiger partial charge on any atom is -0.207 e. The van der Waals surface area contributed by atoms with E-state index in [9.17, 15) is 39.5 Å². The molecule has 1 nitrogen and oxygen atoms in total. The van der Waals surface area contributed by atoms with E-state index in [1.807, 2.05) is 0 Å². The maximum absolute atomic E-state index is 14.5. The van der Waals surface area contributed by atoms with Crippen molar-refractivity contribution >= 4 is 21.8 Å². The highest BCUT2D eigenvalue weighted by Gasteiger charge is 2.33. The second kappa shape index (κ2) is 6.61. The van der Waals surface area contributed by atoms with Gasteiger partial charge in [-0.15, -0.1) is 0 Å². The Hall–Kier alpha value is -3.30. The van der Waals surface area contributed by atoms with Gasteiger partial charge in [-0.1, -0.05) is 0 Å². The third-order valence-electron chi connectivity index (χ3n) is 4.73. The highest BCUT2D eigenvalue weighted by atomic mass is 19.2. The van der Waals surface area contributed by atoms with Crippen LogP contribution in [-0.4, -0.2) is 0 Å². The zero-order chi connectivity index (χ0) is 22.1. The molecule has 0 aliphatic carbocycles. The van der Waals surface area contributed by atoms with Gasteiger partial charge in [-0.3, -0.25) is 0 Å². The minimum absolute atomic E-state index is 0.387. The molecule has 0 aliphatic heterocycles. The maximum Gasteiger partial charge on any atom is 0.249 e. The first kappa shape index (κ1) is 20.0. The first-order valence-corrected chi connectivity index (χ1v) is 8.15. The Balaban J connectivity index is 2.42. The second-order valence-electron chi connectivity index (χ2n) is 6.45. The summed E-state index contributed by atoms with van der Waals surface area (Å²) in [6.45, 7) is 0. The molecular weight excluding hydrogens is 425 g/mol. The zero-order valence-corrected chi connectivity index (χ0v) is 14.7. The summed E-state index contributed by atoms with van der Waals surface area (Å²) in [6.07, 6.45) is 0. The van der Waals surface area contributed by atoms with E-state index in [-0.39, 0.29) is 0 Å². The molecule has 0 radical (unpaired) electrons. The Morgan fingerprint density at radius 2 is 0.867 bits per heavy atom. The van der Waals surface area contributed by atoms with Crippen molar-refractivity contribution < 1.29 is 44.1 Å². The van der Waals surface area contributed by atoms with Crippen LogP contribution in [0.4, 0.5) is 39.5 Å². The van der Waals surface area contributed by atoms with Crippen LogP contribution in [0, 0.1) is 52.4 Å². The average molecular weight is 432 g/mol. The van der Waals surface area contributed by atoms with Crippen LogP contribution in [-0.2, 0) is 7.05 Å². The van der Waals surface area contributed by atoms with E-state index in [0.29, 0.717) is 24.3 Å². The molecule has 4 rings (SSSR count). The molecule has 0 saturated carbocycles. The Kier molecular flexibility index (Phi) is 4.41. The van der Waals surface area contributed by atoms with E-state index in [2.05, 4.69) is 0 Å². The summed E-state index contributed by atoms with van der Waals surface area (Å²) in [5.74, 6) is -16.9. The summed E-state index contributed by atoms with van der Waals surface area (Å²) in [4.78, 5) is 0. The molecule has 4 aromatic rings. The third kappa shape index (κ3) is 2.62. The van der Waals surface area contributed by atoms with Gasteiger partial charge >= 0.3 is 0 Å². The lowest BCUT2D eigenvalue weighted by atomic mass is 9.94. The van der Waals surface area contributed by atoms with Crippen LogP contribution in [0.2, 0.25) is 0 Å². The predicted molar refractivity (Wildman–Crippen MR) is 87.7 cm³/mol. The smallest absolute Gasteiger partial charge is 0.207 e. The van der Waals surface area contributed by atoms with Crippen LogP contribution in [0.5, 0.6) is 0 Å². The van der Waals surface area contributed by atoms with Crippen LogP contribution >= 0.6 is 0 Å². The average Bonchev–Trinajstić information content (AvgIpc) is 2.66. The molecule has 1 aromatic heterocycles. The molecular formula is C20H7F9N+. The zero-order valence-electron chi connectivity index (χ0n) is 14.7. The van der Waals surface area contributed by atoms with Crippen molar-refractivity contribution in [2.45, 2.75) is 0 Å². The molecule has 0 saturated heterocycles. The van der Waals surface area contributed by atoms with Crippen LogP contribution in [0.1, 0.15) is 0 Å². The maximum atomic E-state index is 14.5. The number of hydrogen-bond acceptors (Lipinski definition) is 0. The molecule has 0 N–H and O–H groups in total. The molecule has 30 heavy (non-hydrogen) atoms. The van der Waals surface area contributed by atoms with E-state index < -0.39 is 85.3 Å². The number of nitrogens with zero attached hydrogens (tertiary/aromatic N) is 1. The lowest BCUT2D eigenvalue weighted by molar-refractivity contribution is -0.619. The number of halogens is 9. The molecule has 0 atom stereocenters. The standard InChI is InChI=1S/C20H7F9N/c1-30-19-8(2-6(21)4-10(19)23)12(9-3-7(22)5-11(24)20(9)30)13-14(25)16(27)18(29)17(28)15(13)26/h2-5H,1H3/q+1. The van der Waals surface area contributed by atoms with Gasteiger partial charge in [-0.05, 0) is 12.1 Å². The van der Waals surface area contributed by atoms with Crippen molar-refractivity contribution in [3.8, 4) is 11.1 Å². The molecule has 10 heteroatoms. The summed E-state index contributed by atoms with van der Waals surface area (Å²) in [5.41, 5.74) is -3.73. The third-order valence-corrected chi connectivity index (χ3v) is 4.73. The van der Waals surface area contributed by atoms with Gasteiger partial charge in [-0.25, -0.2) is 30.7 Å². The lowest BCUT2D eigenvalue weighted by Crippen LogP contribution is -2.32. The first-order chi connectivity index (χ1) is 14.0. The van der Waals surface area contributed by atoms with Gasteiger partial charge in [0.2, 0.25) is 16.9 Å². The number of rotatable bonds is 1. The Morgan fingerprint density at radius 1 is 0.500 bits per heavy atom. The van der Waals surface area contributed by atoms with Crippen molar-refractivity contribution in [1.29, 1.82) is 0 Å². The summed E-state index contributed by atoms with van der Waals surface area (Å²) in [7, 11) is 1.11. The SMILES string of the molecule is C[n+]1c2c(F)cc(F)cc2c(-c2c(F)c(F)c(F)c(F)c2F)c2cc(F)cc(F)c21. The molecule has 3 aromatic carbocycles. The summed E-state index contributed by atoms with van der Waals surface area (Å²) >= 11 is 0. The van der Waals surface area contributed by atoms with E-state index in [1.165, 1.54) is 0 Å². The molecule has 0 spiro atoms. The van der Waals surface area contributed by atoms with E-state index in [1.54, 1.807) is 0 Å². The first-order valence-electron chi connectivity index (χ1n) is 8.15. The van der Waals surface area contributed by atoms with Gasteiger partial charge in [0.25, 0.3) is 0 Å². The molecule has 0 unspecified atom stereocenters. The molecule has 0 amide bonds. The van der Waals surface area contributed by atoms with Crippen molar-refractivity contribution in [3.63, 3.8) is 0 Å². The van der Waals surface area contributed by atoms with Gasteiger partial charge in [-0.2, -0.15) is 13.3 Å². The number of fused-ring (bicyclic) bond motifs is 2. The normalized spacial score (nSPS) is 11.7. The number of hydrogen-bond donors (Lipinski definition) is 0. The van der Waals surface area contributed by atoms with Crippen molar-refractivity contribution in [3.05, 3.63) is 76.6 Å². The number of benzene rings is 3. The fourth-order valence-electron chi connectivity index (χ4n) is 3.55. The largest absolute Gasteiger partial charge is 0.249 e. The van der Waals surface area contributed by atoms with E-state index in [0.717, 1.165) is 11.6 Å². The number of aromatic nitrogens is 1. The fourth-order valence-corrected chi connectivity index (χ4v) is 3.55. The molecule has 1 heterocycles. The second-order valence-corrected chi connectivity index (χ2v) is 6.45. The topological polar surface area (TPSA) is 3.88 Å².